The summed E-state index contributed by atoms with van der Waals surface area (Å²) < 4.78 is 4.93. The van der Waals surface area contributed by atoms with Crippen LogP contribution in [0.3, 0.4) is 0 Å². The van der Waals surface area contributed by atoms with Gasteiger partial charge in [0.15, 0.2) is 5.82 Å². The van der Waals surface area contributed by atoms with Crippen molar-refractivity contribution in [3.8, 4) is 0 Å². The normalized spacial score (nSPS) is 11.1. The monoisotopic (exact) mass is 546 g/mol. The lowest BCUT2D eigenvalue weighted by Gasteiger charge is -2.12. The molecule has 3 amide bonds. The highest BCUT2D eigenvalue weighted by molar-refractivity contribution is 8.00. The van der Waals surface area contributed by atoms with Crippen molar-refractivity contribution in [1.29, 1.82) is 0 Å². The van der Waals surface area contributed by atoms with Gasteiger partial charge in [-0.25, -0.2) is 0 Å². The predicted octanol–water partition coefficient (Wildman–Crippen LogP) is 5.78. The average molecular weight is 547 g/mol. The zero-order chi connectivity index (χ0) is 26.9. The van der Waals surface area contributed by atoms with Crippen molar-refractivity contribution in [3.63, 3.8) is 0 Å². The number of anilines is 2. The minimum absolute atomic E-state index is 0.0689. The number of hydrogen-bond acceptors (Lipinski definition) is 6. The van der Waals surface area contributed by atoms with Crippen LogP contribution in [-0.4, -0.2) is 28.6 Å². The van der Waals surface area contributed by atoms with E-state index in [0.717, 1.165) is 4.90 Å². The summed E-state index contributed by atoms with van der Waals surface area (Å²) in [4.78, 5) is 38.8. The number of carbonyl (C=O) groups is 3. The molecule has 0 unspecified atom stereocenters. The van der Waals surface area contributed by atoms with Gasteiger partial charge in [0.1, 0.15) is 11.5 Å². The van der Waals surface area contributed by atoms with E-state index in [-0.39, 0.29) is 17.4 Å². The van der Waals surface area contributed by atoms with E-state index in [1.807, 2.05) is 0 Å². The van der Waals surface area contributed by atoms with Crippen molar-refractivity contribution in [1.82, 2.24) is 10.5 Å². The van der Waals surface area contributed by atoms with E-state index < -0.39 is 11.8 Å². The van der Waals surface area contributed by atoms with E-state index in [9.17, 15) is 14.4 Å². The summed E-state index contributed by atoms with van der Waals surface area (Å²) in [5.74, 6) is 0.0340. The number of rotatable bonds is 9. The molecule has 0 aliphatic heterocycles. The molecule has 1 heterocycles. The third-order valence-corrected chi connectivity index (χ3v) is 6.35. The number of aryl methyl sites for hydroxylation is 1. The van der Waals surface area contributed by atoms with Crippen LogP contribution in [0.2, 0.25) is 5.02 Å². The third kappa shape index (κ3) is 7.83. The van der Waals surface area contributed by atoms with E-state index >= 15 is 0 Å². The molecule has 3 N–H and O–H groups in total. The van der Waals surface area contributed by atoms with Crippen LogP contribution in [0.25, 0.3) is 6.08 Å². The van der Waals surface area contributed by atoms with Crippen molar-refractivity contribution in [2.75, 3.05) is 16.4 Å². The second kappa shape index (κ2) is 12.8. The highest BCUT2D eigenvalue weighted by Crippen LogP contribution is 2.21. The molecule has 0 saturated heterocycles. The zero-order valence-corrected chi connectivity index (χ0v) is 21.8. The standard InChI is InChI=1S/C28H23ClN4O4S/c1-18-15-25(33-37-18)32-26(34)17-38-23-13-11-22(12-14-23)30-28(36)24(16-19-7-9-21(29)10-8-19)31-27(35)20-5-3-2-4-6-20/h2-16H,17H2,1H3,(H,30,36)(H,31,35)(H,32,33,34)/b24-16-. The molecule has 0 fully saturated rings. The molecule has 0 saturated carbocycles. The Morgan fingerprint density at radius 1 is 0.947 bits per heavy atom. The SMILES string of the molecule is Cc1cc(NC(=O)CSc2ccc(NC(=O)/C(=C/c3ccc(Cl)cc3)NC(=O)c3ccccc3)cc2)no1. The minimum Gasteiger partial charge on any atom is -0.360 e. The summed E-state index contributed by atoms with van der Waals surface area (Å²) in [6.07, 6.45) is 1.58. The number of amides is 3. The molecule has 0 aliphatic carbocycles. The van der Waals surface area contributed by atoms with E-state index in [1.165, 1.54) is 11.8 Å². The molecule has 4 aromatic rings. The number of nitrogens with zero attached hydrogens (tertiary/aromatic N) is 1. The van der Waals surface area contributed by atoms with Crippen LogP contribution in [0, 0.1) is 6.92 Å². The van der Waals surface area contributed by atoms with Gasteiger partial charge in [-0.2, -0.15) is 0 Å². The predicted molar refractivity (Wildman–Crippen MR) is 149 cm³/mol. The number of carbonyl (C=O) groups excluding carboxylic acids is 3. The number of halogens is 1. The summed E-state index contributed by atoms with van der Waals surface area (Å²) in [5, 5.41) is 12.5. The van der Waals surface area contributed by atoms with Gasteiger partial charge in [-0.05, 0) is 67.1 Å². The van der Waals surface area contributed by atoms with Crippen molar-refractivity contribution in [2.24, 2.45) is 0 Å². The largest absolute Gasteiger partial charge is 0.360 e. The molecule has 0 bridgehead atoms. The maximum Gasteiger partial charge on any atom is 0.272 e. The quantitative estimate of drug-likeness (QED) is 0.181. The lowest BCUT2D eigenvalue weighted by atomic mass is 10.1. The van der Waals surface area contributed by atoms with Crippen LogP contribution < -0.4 is 16.0 Å². The van der Waals surface area contributed by atoms with Gasteiger partial charge in [0.2, 0.25) is 5.91 Å². The van der Waals surface area contributed by atoms with E-state index in [0.29, 0.717) is 33.4 Å². The Balaban J connectivity index is 1.40. The Morgan fingerprint density at radius 3 is 2.32 bits per heavy atom. The van der Waals surface area contributed by atoms with E-state index in [2.05, 4.69) is 21.1 Å². The smallest absolute Gasteiger partial charge is 0.272 e. The van der Waals surface area contributed by atoms with E-state index in [4.69, 9.17) is 16.1 Å². The Labute approximate surface area is 228 Å². The molecule has 192 valence electrons. The Hall–Kier alpha value is -4.34. The van der Waals surface area contributed by atoms with Crippen LogP contribution in [0.1, 0.15) is 21.7 Å². The third-order valence-electron chi connectivity index (χ3n) is 5.09. The topological polar surface area (TPSA) is 113 Å². The fraction of sp³-hybridized carbons (Fsp3) is 0.0714. The van der Waals surface area contributed by atoms with Crippen molar-refractivity contribution in [2.45, 2.75) is 11.8 Å². The molecular formula is C28H23ClN4O4S. The number of thioether (sulfide) groups is 1. The first kappa shape index (κ1) is 26.7. The lowest BCUT2D eigenvalue weighted by Crippen LogP contribution is -2.30. The fourth-order valence-corrected chi connectivity index (χ4v) is 4.08. The minimum atomic E-state index is -0.494. The molecule has 0 aliphatic rings. The first-order valence-electron chi connectivity index (χ1n) is 11.5. The Morgan fingerprint density at radius 2 is 1.66 bits per heavy atom. The summed E-state index contributed by atoms with van der Waals surface area (Å²) >= 11 is 7.31. The van der Waals surface area contributed by atoms with Gasteiger partial charge in [-0.1, -0.05) is 47.1 Å². The van der Waals surface area contributed by atoms with Crippen molar-refractivity contribution < 1.29 is 18.9 Å². The van der Waals surface area contributed by atoms with Gasteiger partial charge in [-0.3, -0.25) is 14.4 Å². The van der Waals surface area contributed by atoms with Crippen molar-refractivity contribution in [3.05, 3.63) is 113 Å². The molecular weight excluding hydrogens is 524 g/mol. The zero-order valence-electron chi connectivity index (χ0n) is 20.2. The molecule has 4 rings (SSSR count). The second-order valence-electron chi connectivity index (χ2n) is 8.07. The molecule has 10 heteroatoms. The molecule has 0 atom stereocenters. The lowest BCUT2D eigenvalue weighted by molar-refractivity contribution is -0.114. The molecule has 0 spiro atoms. The molecule has 1 aromatic heterocycles. The first-order valence-corrected chi connectivity index (χ1v) is 12.8. The number of aromatic nitrogens is 1. The maximum atomic E-state index is 13.1. The first-order chi connectivity index (χ1) is 18.4. The van der Waals surface area contributed by atoms with Crippen LogP contribution in [-0.2, 0) is 9.59 Å². The van der Waals surface area contributed by atoms with Gasteiger partial charge in [0.05, 0.1) is 5.75 Å². The van der Waals surface area contributed by atoms with Crippen molar-refractivity contribution >= 4 is 58.7 Å². The maximum absolute atomic E-state index is 13.1. The summed E-state index contributed by atoms with van der Waals surface area (Å²) in [6, 6.07) is 24.2. The average Bonchev–Trinajstić information content (AvgIpc) is 3.33. The molecule has 38 heavy (non-hydrogen) atoms. The van der Waals surface area contributed by atoms with Crippen LogP contribution in [0.4, 0.5) is 11.5 Å². The van der Waals surface area contributed by atoms with Gasteiger partial charge >= 0.3 is 0 Å². The summed E-state index contributed by atoms with van der Waals surface area (Å²) in [5.41, 5.74) is 1.71. The van der Waals surface area contributed by atoms with Gasteiger partial charge in [0, 0.05) is 27.2 Å². The van der Waals surface area contributed by atoms with Crippen LogP contribution >= 0.6 is 23.4 Å². The van der Waals surface area contributed by atoms with Gasteiger partial charge in [-0.15, -0.1) is 11.8 Å². The van der Waals surface area contributed by atoms with Crippen LogP contribution in [0.5, 0.6) is 0 Å². The Kier molecular flexibility index (Phi) is 8.97. The number of nitrogens with one attached hydrogen (secondary N) is 3. The highest BCUT2D eigenvalue weighted by atomic mass is 35.5. The molecule has 3 aromatic carbocycles. The number of benzene rings is 3. The Bertz CT molecular complexity index is 1450. The second-order valence-corrected chi connectivity index (χ2v) is 9.55. The van der Waals surface area contributed by atoms with Crippen LogP contribution in [0.15, 0.2) is 100 Å². The molecule has 0 radical (unpaired) electrons. The fourth-order valence-electron chi connectivity index (χ4n) is 3.25. The van der Waals surface area contributed by atoms with Gasteiger partial charge < -0.3 is 20.5 Å². The van der Waals surface area contributed by atoms with E-state index in [1.54, 1.807) is 97.9 Å². The van der Waals surface area contributed by atoms with Gasteiger partial charge in [0.25, 0.3) is 11.8 Å². The number of hydrogen-bond donors (Lipinski definition) is 3. The summed E-state index contributed by atoms with van der Waals surface area (Å²) in [6.45, 7) is 1.74. The highest BCUT2D eigenvalue weighted by Gasteiger charge is 2.15. The molecule has 8 nitrogen and oxygen atoms in total. The summed E-state index contributed by atoms with van der Waals surface area (Å²) in [7, 11) is 0.